The van der Waals surface area contributed by atoms with Crippen molar-refractivity contribution >= 4 is 32.3 Å². The van der Waals surface area contributed by atoms with Crippen LogP contribution in [0.1, 0.15) is 36.8 Å². The number of ether oxygens (including phenoxy) is 1. The number of nitrogens with zero attached hydrogens (tertiary/aromatic N) is 1. The van der Waals surface area contributed by atoms with E-state index in [9.17, 15) is 0 Å². The molecule has 0 atom stereocenters. The molecule has 1 aliphatic heterocycles. The molecule has 0 N–H and O–H groups in total. The summed E-state index contributed by atoms with van der Waals surface area (Å²) in [6.07, 6.45) is 6.57. The van der Waals surface area contributed by atoms with Crippen molar-refractivity contribution in [2.75, 3.05) is 0 Å². The van der Waals surface area contributed by atoms with Gasteiger partial charge in [-0.2, -0.15) is 4.57 Å². The average molecular weight is 387 g/mol. The van der Waals surface area contributed by atoms with Crippen molar-refractivity contribution in [3.05, 3.63) is 52.9 Å². The zero-order chi connectivity index (χ0) is 18.8. The Morgan fingerprint density at radius 2 is 1.93 bits per heavy atom. The highest BCUT2D eigenvalue weighted by atomic mass is 32.1. The maximum Gasteiger partial charge on any atom is 0.257 e. The molecule has 3 heteroatoms. The summed E-state index contributed by atoms with van der Waals surface area (Å²) in [7, 11) is 2.19. The standard InChI is InChI=1S/C25H24NOS/c1-15-11-12-21-23-20(14-28-21)27-25-18(13-16-7-3-4-8-16)17-9-5-6-10-19(17)26(2)24(25)22(15)23/h5-6,9-12,14,16H,3-4,7-8,13H2,1-2H3/q+1. The van der Waals surface area contributed by atoms with Gasteiger partial charge in [-0.25, -0.2) is 0 Å². The van der Waals surface area contributed by atoms with Crippen LogP contribution in [-0.2, 0) is 13.5 Å². The number of fused-ring (bicyclic) bond motifs is 3. The number of pyridine rings is 1. The lowest BCUT2D eigenvalue weighted by molar-refractivity contribution is -0.633. The van der Waals surface area contributed by atoms with Crippen molar-refractivity contribution in [1.29, 1.82) is 0 Å². The van der Waals surface area contributed by atoms with E-state index in [1.807, 2.05) is 0 Å². The number of rotatable bonds is 2. The van der Waals surface area contributed by atoms with Crippen LogP contribution in [0.3, 0.4) is 0 Å². The van der Waals surface area contributed by atoms with E-state index in [0.29, 0.717) is 0 Å². The quantitative estimate of drug-likeness (QED) is 0.308. The Labute approximate surface area is 169 Å². The molecule has 0 amide bonds. The molecule has 0 radical (unpaired) electrons. The normalized spacial score (nSPS) is 15.9. The van der Waals surface area contributed by atoms with E-state index < -0.39 is 0 Å². The number of benzene rings is 2. The number of para-hydroxylation sites is 1. The predicted octanol–water partition coefficient (Wildman–Crippen LogP) is 6.69. The number of hydrogen-bond acceptors (Lipinski definition) is 2. The summed E-state index contributed by atoms with van der Waals surface area (Å²) in [5, 5.41) is 4.82. The molecule has 4 aromatic rings. The summed E-state index contributed by atoms with van der Waals surface area (Å²) < 4.78 is 10.3. The van der Waals surface area contributed by atoms with Crippen LogP contribution in [0, 0.1) is 12.8 Å². The van der Waals surface area contributed by atoms with Crippen LogP contribution in [0.4, 0.5) is 0 Å². The van der Waals surface area contributed by atoms with Crippen LogP contribution < -0.4 is 9.30 Å². The van der Waals surface area contributed by atoms with Gasteiger partial charge in [0.15, 0.2) is 0 Å². The Bertz CT molecular complexity index is 1250. The molecule has 2 nitrogen and oxygen atoms in total. The lowest BCUT2D eigenvalue weighted by atomic mass is 9.90. The molecular weight excluding hydrogens is 362 g/mol. The number of hydrogen-bond donors (Lipinski definition) is 0. The van der Waals surface area contributed by atoms with Gasteiger partial charge in [-0.1, -0.05) is 43.9 Å². The summed E-state index contributed by atoms with van der Waals surface area (Å²) in [4.78, 5) is 0. The van der Waals surface area contributed by atoms with Crippen LogP contribution in [-0.4, -0.2) is 0 Å². The van der Waals surface area contributed by atoms with E-state index in [1.54, 1.807) is 11.3 Å². The fourth-order valence-corrected chi connectivity index (χ4v) is 6.22. The van der Waals surface area contributed by atoms with E-state index in [-0.39, 0.29) is 0 Å². The molecule has 1 fully saturated rings. The van der Waals surface area contributed by atoms with Crippen LogP contribution >= 0.6 is 11.3 Å². The average Bonchev–Trinajstić information content (AvgIpc) is 3.37. The minimum atomic E-state index is 0.782. The maximum atomic E-state index is 6.66. The highest BCUT2D eigenvalue weighted by Gasteiger charge is 2.35. The van der Waals surface area contributed by atoms with Gasteiger partial charge in [0.25, 0.3) is 5.69 Å². The second-order valence-corrected chi connectivity index (χ2v) is 9.33. The van der Waals surface area contributed by atoms with Gasteiger partial charge in [0.1, 0.15) is 12.8 Å². The third-order valence-electron chi connectivity index (χ3n) is 6.75. The van der Waals surface area contributed by atoms with Gasteiger partial charge in [0.2, 0.25) is 11.3 Å². The number of aromatic nitrogens is 1. The lowest BCUT2D eigenvalue weighted by Crippen LogP contribution is -2.34. The fourth-order valence-electron chi connectivity index (χ4n) is 5.35. The highest BCUT2D eigenvalue weighted by Crippen LogP contribution is 2.51. The van der Waals surface area contributed by atoms with Gasteiger partial charge in [-0.15, -0.1) is 11.3 Å². The van der Waals surface area contributed by atoms with E-state index >= 15 is 0 Å². The van der Waals surface area contributed by atoms with Crippen LogP contribution in [0.5, 0.6) is 11.5 Å². The first-order valence-corrected chi connectivity index (χ1v) is 11.2. The minimum absolute atomic E-state index is 0.782. The molecule has 6 rings (SSSR count). The summed E-state index contributed by atoms with van der Waals surface area (Å²) in [5.41, 5.74) is 6.64. The number of aryl methyl sites for hydroxylation is 2. The molecule has 1 aliphatic carbocycles. The summed E-state index contributed by atoms with van der Waals surface area (Å²) in [5.74, 6) is 2.91. The molecule has 140 valence electrons. The first kappa shape index (κ1) is 16.6. The van der Waals surface area contributed by atoms with Gasteiger partial charge in [-0.3, -0.25) is 0 Å². The van der Waals surface area contributed by atoms with Crippen LogP contribution in [0.2, 0.25) is 0 Å². The predicted molar refractivity (Wildman–Crippen MR) is 116 cm³/mol. The molecule has 2 aliphatic rings. The van der Waals surface area contributed by atoms with Crippen molar-refractivity contribution in [3.8, 4) is 22.8 Å². The Kier molecular flexibility index (Phi) is 3.58. The van der Waals surface area contributed by atoms with Crippen molar-refractivity contribution in [2.45, 2.75) is 39.0 Å². The van der Waals surface area contributed by atoms with Crippen molar-refractivity contribution < 1.29 is 9.30 Å². The third-order valence-corrected chi connectivity index (χ3v) is 7.67. The van der Waals surface area contributed by atoms with Gasteiger partial charge in [0, 0.05) is 27.1 Å². The smallest absolute Gasteiger partial charge is 0.257 e. The molecule has 2 aromatic heterocycles. The molecule has 3 heterocycles. The first-order valence-electron chi connectivity index (χ1n) is 10.3. The molecule has 0 unspecified atom stereocenters. The second-order valence-electron chi connectivity index (χ2n) is 8.42. The summed E-state index contributed by atoms with van der Waals surface area (Å²) in [6, 6.07) is 13.3. The fraction of sp³-hybridized carbons (Fsp3) is 0.320. The van der Waals surface area contributed by atoms with Crippen LogP contribution in [0.25, 0.3) is 32.2 Å². The lowest BCUT2D eigenvalue weighted by Gasteiger charge is -2.23. The van der Waals surface area contributed by atoms with E-state index in [2.05, 4.69) is 60.3 Å². The third kappa shape index (κ3) is 2.23. The molecule has 1 saturated carbocycles. The van der Waals surface area contributed by atoms with Crippen molar-refractivity contribution in [3.63, 3.8) is 0 Å². The van der Waals surface area contributed by atoms with Crippen molar-refractivity contribution in [1.82, 2.24) is 0 Å². The Hall–Kier alpha value is -2.39. The van der Waals surface area contributed by atoms with E-state index in [4.69, 9.17) is 4.74 Å². The zero-order valence-corrected chi connectivity index (χ0v) is 17.2. The van der Waals surface area contributed by atoms with E-state index in [0.717, 1.165) is 23.8 Å². The summed E-state index contributed by atoms with van der Waals surface area (Å²) >= 11 is 1.79. The Balaban J connectivity index is 1.72. The molecule has 28 heavy (non-hydrogen) atoms. The van der Waals surface area contributed by atoms with Crippen LogP contribution in [0.15, 0.2) is 41.8 Å². The number of thiophene rings is 1. The second kappa shape index (κ2) is 6.05. The highest BCUT2D eigenvalue weighted by molar-refractivity contribution is 7.17. The van der Waals surface area contributed by atoms with Gasteiger partial charge >= 0.3 is 0 Å². The van der Waals surface area contributed by atoms with Gasteiger partial charge in [0.05, 0.1) is 10.9 Å². The largest absolute Gasteiger partial charge is 0.448 e. The topological polar surface area (TPSA) is 13.1 Å². The zero-order valence-electron chi connectivity index (χ0n) is 16.4. The molecule has 0 bridgehead atoms. The SMILES string of the molecule is Cc1ccc2scc3c2c1-c1c(c(CC2CCCC2)c2ccccc2[n+]1C)O3. The van der Waals surface area contributed by atoms with Crippen molar-refractivity contribution in [2.24, 2.45) is 13.0 Å². The Morgan fingerprint density at radius 1 is 1.11 bits per heavy atom. The summed E-state index contributed by atoms with van der Waals surface area (Å²) in [6.45, 7) is 2.23. The van der Waals surface area contributed by atoms with E-state index in [1.165, 1.54) is 69.1 Å². The van der Waals surface area contributed by atoms with Gasteiger partial charge < -0.3 is 4.74 Å². The molecular formula is C25H24NOS+. The monoisotopic (exact) mass is 386 g/mol. The first-order chi connectivity index (χ1) is 13.7. The molecule has 2 aromatic carbocycles. The molecule has 0 saturated heterocycles. The molecule has 0 spiro atoms. The minimum Gasteiger partial charge on any atom is -0.448 e. The Morgan fingerprint density at radius 3 is 2.79 bits per heavy atom. The van der Waals surface area contributed by atoms with Gasteiger partial charge in [-0.05, 0) is 37.0 Å². The maximum absolute atomic E-state index is 6.66.